The van der Waals surface area contributed by atoms with Crippen molar-refractivity contribution in [3.05, 3.63) is 65.0 Å². The number of hydrogen-bond donors (Lipinski definition) is 1. The first-order valence-electron chi connectivity index (χ1n) is 12.2. The molecule has 1 aliphatic heterocycles. The van der Waals surface area contributed by atoms with E-state index in [9.17, 15) is 35.6 Å². The maximum absolute atomic E-state index is 14.7. The van der Waals surface area contributed by atoms with Gasteiger partial charge in [-0.25, -0.2) is 12.8 Å². The second kappa shape index (κ2) is 9.11. The summed E-state index contributed by atoms with van der Waals surface area (Å²) in [5.74, 6) is -2.07. The molecule has 0 unspecified atom stereocenters. The Balaban J connectivity index is 1.38. The lowest BCUT2D eigenvalue weighted by Crippen LogP contribution is -2.49. The predicted molar refractivity (Wildman–Crippen MR) is 126 cm³/mol. The molecule has 2 saturated carbocycles. The van der Waals surface area contributed by atoms with Gasteiger partial charge in [0.15, 0.2) is 9.84 Å². The lowest BCUT2D eigenvalue weighted by Gasteiger charge is -2.29. The van der Waals surface area contributed by atoms with Crippen molar-refractivity contribution in [2.45, 2.75) is 61.8 Å². The summed E-state index contributed by atoms with van der Waals surface area (Å²) in [7, 11) is -3.53. The predicted octanol–water partition coefficient (Wildman–Crippen LogP) is 4.51. The zero-order valence-electron chi connectivity index (χ0n) is 20.0. The van der Waals surface area contributed by atoms with Gasteiger partial charge in [-0.15, -0.1) is 0 Å². The van der Waals surface area contributed by atoms with E-state index in [0.29, 0.717) is 25.3 Å². The molecule has 5 rings (SSSR count). The van der Waals surface area contributed by atoms with Crippen LogP contribution in [0.3, 0.4) is 0 Å². The quantitative estimate of drug-likeness (QED) is 0.526. The minimum Gasteiger partial charge on any atom is -0.347 e. The highest BCUT2D eigenvalue weighted by Crippen LogP contribution is 2.49. The molecule has 1 heterocycles. The molecule has 3 aliphatic rings. The summed E-state index contributed by atoms with van der Waals surface area (Å²) in [5.41, 5.74) is -0.954. The number of rotatable bonds is 7. The van der Waals surface area contributed by atoms with Crippen molar-refractivity contribution in [3.8, 4) is 0 Å². The number of carbonyl (C=O) groups is 2. The number of piperidine rings is 1. The fourth-order valence-corrected chi connectivity index (χ4v) is 6.13. The standard InChI is InChI=1S/C26H26F4N2O4S/c1-2-37(35,36)18-5-3-4-15(10-18)25(34)32-21-11-16(21)12-22(32)24(33)31-23(14-6-7-14)19-9-8-17(13-20(19)27)26(28,29)30/h3-5,8-10,13-14,16,21-23H,2,6-7,11-12H2,1H3,(H,31,33)/t16-,21-,22-,23-/m1/s1. The summed E-state index contributed by atoms with van der Waals surface area (Å²) in [4.78, 5) is 28.3. The Hall–Kier alpha value is -2.95. The summed E-state index contributed by atoms with van der Waals surface area (Å²) in [6.45, 7) is 1.51. The SMILES string of the molecule is CCS(=O)(=O)c1cccc(C(=O)N2[C@@H](C(=O)N[C@@H](c3ccc(C(F)(F)F)cc3F)C3CC3)C[C@H]3C[C@H]32)c1. The molecule has 0 spiro atoms. The highest BCUT2D eigenvalue weighted by atomic mass is 32.2. The topological polar surface area (TPSA) is 83.6 Å². The van der Waals surface area contributed by atoms with Gasteiger partial charge >= 0.3 is 6.18 Å². The normalized spacial score (nSPS) is 23.9. The third-order valence-corrected chi connectivity index (χ3v) is 9.25. The van der Waals surface area contributed by atoms with Crippen molar-refractivity contribution in [1.82, 2.24) is 10.2 Å². The van der Waals surface area contributed by atoms with Crippen LogP contribution in [0, 0.1) is 17.7 Å². The van der Waals surface area contributed by atoms with Crippen molar-refractivity contribution in [1.29, 1.82) is 0 Å². The summed E-state index contributed by atoms with van der Waals surface area (Å²) < 4.78 is 78.3. The molecule has 2 amide bonds. The molecule has 4 atom stereocenters. The summed E-state index contributed by atoms with van der Waals surface area (Å²) in [6, 6.07) is 6.26. The zero-order valence-corrected chi connectivity index (χ0v) is 20.8. The third kappa shape index (κ3) is 4.97. The summed E-state index contributed by atoms with van der Waals surface area (Å²) >= 11 is 0. The number of nitrogens with zero attached hydrogens (tertiary/aromatic N) is 1. The van der Waals surface area contributed by atoms with E-state index in [2.05, 4.69) is 5.32 Å². The molecule has 0 bridgehead atoms. The van der Waals surface area contributed by atoms with Gasteiger partial charge in [-0.1, -0.05) is 19.1 Å². The van der Waals surface area contributed by atoms with Crippen molar-refractivity contribution in [2.75, 3.05) is 5.75 Å². The van der Waals surface area contributed by atoms with Gasteiger partial charge in [0.2, 0.25) is 5.91 Å². The first-order valence-corrected chi connectivity index (χ1v) is 13.9. The molecule has 2 aromatic rings. The molecule has 11 heteroatoms. The second-order valence-corrected chi connectivity index (χ2v) is 12.3. The van der Waals surface area contributed by atoms with E-state index in [1.54, 1.807) is 0 Å². The van der Waals surface area contributed by atoms with Gasteiger partial charge in [0.05, 0.1) is 22.3 Å². The molecule has 0 radical (unpaired) electrons. The Kier molecular flexibility index (Phi) is 6.32. The first kappa shape index (κ1) is 25.7. The van der Waals surface area contributed by atoms with Gasteiger partial charge in [0.1, 0.15) is 11.9 Å². The van der Waals surface area contributed by atoms with E-state index in [1.807, 2.05) is 0 Å². The highest BCUT2D eigenvalue weighted by molar-refractivity contribution is 7.91. The van der Waals surface area contributed by atoms with Gasteiger partial charge in [0.25, 0.3) is 5.91 Å². The minimum absolute atomic E-state index is 0.0117. The Bertz CT molecular complexity index is 1360. The summed E-state index contributed by atoms with van der Waals surface area (Å²) in [5, 5.41) is 2.81. The van der Waals surface area contributed by atoms with E-state index in [0.717, 1.165) is 18.6 Å². The molecular formula is C26H26F4N2O4S. The molecule has 1 N–H and O–H groups in total. The number of halogens is 4. The van der Waals surface area contributed by atoms with Crippen LogP contribution in [0.15, 0.2) is 47.4 Å². The molecule has 3 fully saturated rings. The lowest BCUT2D eigenvalue weighted by molar-refractivity contribution is -0.137. The second-order valence-electron chi connectivity index (χ2n) is 10.0. The molecule has 1 saturated heterocycles. The molecule has 6 nitrogen and oxygen atoms in total. The van der Waals surface area contributed by atoms with Crippen LogP contribution in [0.25, 0.3) is 0 Å². The van der Waals surface area contributed by atoms with Crippen LogP contribution in [0.2, 0.25) is 0 Å². The lowest BCUT2D eigenvalue weighted by atomic mass is 9.99. The first-order chi connectivity index (χ1) is 17.4. The van der Waals surface area contributed by atoms with Crippen LogP contribution < -0.4 is 5.32 Å². The molecule has 198 valence electrons. The Labute approximate surface area is 212 Å². The number of hydrogen-bond acceptors (Lipinski definition) is 4. The smallest absolute Gasteiger partial charge is 0.347 e. The zero-order chi connectivity index (χ0) is 26.7. The number of nitrogens with one attached hydrogen (secondary N) is 1. The van der Waals surface area contributed by atoms with E-state index in [1.165, 1.54) is 36.1 Å². The third-order valence-electron chi connectivity index (χ3n) is 7.52. The van der Waals surface area contributed by atoms with E-state index >= 15 is 0 Å². The Morgan fingerprint density at radius 3 is 2.46 bits per heavy atom. The number of carbonyl (C=O) groups excluding carboxylic acids is 2. The van der Waals surface area contributed by atoms with E-state index < -0.39 is 51.3 Å². The summed E-state index contributed by atoms with van der Waals surface area (Å²) in [6.07, 6.45) is -2.13. The van der Waals surface area contributed by atoms with Crippen LogP contribution >= 0.6 is 0 Å². The number of alkyl halides is 3. The monoisotopic (exact) mass is 538 g/mol. The minimum atomic E-state index is -4.68. The fourth-order valence-electron chi connectivity index (χ4n) is 5.21. The van der Waals surface area contributed by atoms with Crippen LogP contribution in [-0.2, 0) is 20.8 Å². The average molecular weight is 539 g/mol. The number of sulfone groups is 1. The van der Waals surface area contributed by atoms with Gasteiger partial charge in [-0.3, -0.25) is 9.59 Å². The van der Waals surface area contributed by atoms with E-state index in [4.69, 9.17) is 0 Å². The van der Waals surface area contributed by atoms with Crippen molar-refractivity contribution < 1.29 is 35.6 Å². The molecule has 2 aromatic carbocycles. The fraction of sp³-hybridized carbons (Fsp3) is 0.462. The van der Waals surface area contributed by atoms with Crippen molar-refractivity contribution in [2.24, 2.45) is 11.8 Å². The van der Waals surface area contributed by atoms with Gasteiger partial charge in [0, 0.05) is 17.2 Å². The van der Waals surface area contributed by atoms with Crippen molar-refractivity contribution in [3.63, 3.8) is 0 Å². The number of fused-ring (bicyclic) bond motifs is 1. The van der Waals surface area contributed by atoms with Crippen LogP contribution in [0.1, 0.15) is 60.1 Å². The van der Waals surface area contributed by atoms with E-state index in [-0.39, 0.29) is 39.7 Å². The molecule has 0 aromatic heterocycles. The van der Waals surface area contributed by atoms with Crippen molar-refractivity contribution >= 4 is 21.7 Å². The van der Waals surface area contributed by atoms with Gasteiger partial charge < -0.3 is 10.2 Å². The van der Waals surface area contributed by atoms with Crippen LogP contribution in [0.4, 0.5) is 17.6 Å². The Morgan fingerprint density at radius 2 is 1.84 bits per heavy atom. The van der Waals surface area contributed by atoms with Crippen LogP contribution in [0.5, 0.6) is 0 Å². The number of amides is 2. The molecular weight excluding hydrogens is 512 g/mol. The molecule has 2 aliphatic carbocycles. The van der Waals surface area contributed by atoms with Crippen LogP contribution in [-0.4, -0.2) is 43.0 Å². The largest absolute Gasteiger partial charge is 0.416 e. The number of benzene rings is 2. The van der Waals surface area contributed by atoms with Gasteiger partial charge in [-0.05, 0) is 67.9 Å². The number of likely N-dealkylation sites (tertiary alicyclic amines) is 1. The maximum Gasteiger partial charge on any atom is 0.416 e. The average Bonchev–Trinajstić information content (AvgIpc) is 3.79. The highest BCUT2D eigenvalue weighted by Gasteiger charge is 2.56. The molecule has 37 heavy (non-hydrogen) atoms. The Morgan fingerprint density at radius 1 is 1.11 bits per heavy atom. The van der Waals surface area contributed by atoms with Gasteiger partial charge in [-0.2, -0.15) is 13.2 Å². The maximum atomic E-state index is 14.7.